The van der Waals surface area contributed by atoms with Gasteiger partial charge in [-0.15, -0.1) is 69.1 Å². The van der Waals surface area contributed by atoms with Crippen LogP contribution in [0.2, 0.25) is 13.1 Å². The van der Waals surface area contributed by atoms with Crippen molar-refractivity contribution in [3.8, 4) is 22.3 Å². The Morgan fingerprint density at radius 1 is 0.521 bits per heavy atom. The average Bonchev–Trinajstić information content (AvgIpc) is 3.59. The maximum atomic E-state index is 2.39. The minimum atomic E-state index is 0. The Balaban J connectivity index is 0.000000236. The van der Waals surface area contributed by atoms with Crippen LogP contribution in [0.1, 0.15) is 72.2 Å². The van der Waals surface area contributed by atoms with E-state index in [4.69, 9.17) is 0 Å². The first-order chi connectivity index (χ1) is 22.3. The molecule has 0 aliphatic rings. The first kappa shape index (κ1) is 39.6. The number of benzene rings is 4. The van der Waals surface area contributed by atoms with E-state index in [1.807, 2.05) is 0 Å². The minimum absolute atomic E-state index is 0. The summed E-state index contributed by atoms with van der Waals surface area (Å²) in [6.07, 6.45) is 2.31. The molecular formula is C46H56HfSi-2. The minimum Gasteiger partial charge on any atom is -0.164 e. The van der Waals surface area contributed by atoms with Crippen LogP contribution in [0, 0.1) is 53.4 Å². The van der Waals surface area contributed by atoms with Crippen molar-refractivity contribution in [3.63, 3.8) is 0 Å². The second kappa shape index (κ2) is 17.7. The summed E-state index contributed by atoms with van der Waals surface area (Å²) in [5, 5.41) is 5.52. The largest absolute Gasteiger partial charge is 0.164 e. The van der Waals surface area contributed by atoms with Gasteiger partial charge in [0.1, 0.15) is 0 Å². The molecule has 0 saturated carbocycles. The van der Waals surface area contributed by atoms with Crippen LogP contribution < -0.4 is 0 Å². The predicted octanol–water partition coefficient (Wildman–Crippen LogP) is 13.5. The fourth-order valence-electron chi connectivity index (χ4n) is 6.88. The third-order valence-corrected chi connectivity index (χ3v) is 9.11. The molecule has 6 rings (SSSR count). The number of rotatable bonds is 6. The molecule has 0 amide bonds. The Kier molecular flexibility index (Phi) is 14.6. The van der Waals surface area contributed by atoms with Gasteiger partial charge in [-0.2, -0.15) is 12.1 Å². The summed E-state index contributed by atoms with van der Waals surface area (Å²) in [5.41, 5.74) is 16.6. The number of hydrogen-bond donors (Lipinski definition) is 0. The van der Waals surface area contributed by atoms with Gasteiger partial charge in [-0.25, -0.2) is 0 Å². The Morgan fingerprint density at radius 3 is 1.21 bits per heavy atom. The monoisotopic (exact) mass is 816 g/mol. The van der Waals surface area contributed by atoms with E-state index < -0.39 is 0 Å². The summed E-state index contributed by atoms with van der Waals surface area (Å²) in [6.45, 7) is 26.7. The zero-order valence-corrected chi connectivity index (χ0v) is 36.2. The molecule has 0 bridgehead atoms. The molecule has 0 heterocycles. The van der Waals surface area contributed by atoms with E-state index in [1.54, 1.807) is 0 Å². The topological polar surface area (TPSA) is 0 Å². The Bertz CT molecular complexity index is 1800. The molecule has 0 N–H and O–H groups in total. The van der Waals surface area contributed by atoms with Gasteiger partial charge in [0.25, 0.3) is 0 Å². The zero-order valence-electron chi connectivity index (χ0n) is 31.7. The molecule has 0 aromatic heterocycles. The quantitative estimate of drug-likeness (QED) is 0.116. The summed E-state index contributed by atoms with van der Waals surface area (Å²) in [6, 6.07) is 32.1. The molecule has 6 aromatic carbocycles. The van der Waals surface area contributed by atoms with Gasteiger partial charge in [0.2, 0.25) is 0 Å². The molecule has 2 radical (unpaired) electrons. The van der Waals surface area contributed by atoms with Gasteiger partial charge in [0, 0.05) is 35.4 Å². The molecule has 0 saturated heterocycles. The van der Waals surface area contributed by atoms with Crippen molar-refractivity contribution in [1.82, 2.24) is 0 Å². The molecule has 0 aliphatic heterocycles. The van der Waals surface area contributed by atoms with E-state index in [0.717, 1.165) is 22.4 Å². The molecule has 0 atom stereocenters. The zero-order chi connectivity index (χ0) is 34.4. The fourth-order valence-corrected chi connectivity index (χ4v) is 6.88. The molecule has 0 nitrogen and oxygen atoms in total. The van der Waals surface area contributed by atoms with Crippen LogP contribution in [0.15, 0.2) is 84.9 Å². The third kappa shape index (κ3) is 9.66. The Morgan fingerprint density at radius 2 is 0.875 bits per heavy atom. The average molecular weight is 816 g/mol. The smallest absolute Gasteiger partial charge is 0.0307 e. The van der Waals surface area contributed by atoms with E-state index in [0.29, 0.717) is 11.8 Å². The van der Waals surface area contributed by atoms with Gasteiger partial charge >= 0.3 is 0 Å². The van der Waals surface area contributed by atoms with Gasteiger partial charge in [0.05, 0.1) is 0 Å². The van der Waals surface area contributed by atoms with Crippen LogP contribution in [0.3, 0.4) is 0 Å². The first-order valence-electron chi connectivity index (χ1n) is 17.4. The van der Waals surface area contributed by atoms with Crippen LogP contribution in [-0.4, -0.2) is 9.52 Å². The van der Waals surface area contributed by atoms with Crippen molar-refractivity contribution in [2.75, 3.05) is 0 Å². The van der Waals surface area contributed by atoms with Crippen molar-refractivity contribution < 1.29 is 25.8 Å². The van der Waals surface area contributed by atoms with Crippen LogP contribution in [0.4, 0.5) is 0 Å². The molecule has 48 heavy (non-hydrogen) atoms. The van der Waals surface area contributed by atoms with Gasteiger partial charge in [-0.3, -0.25) is 0 Å². The predicted molar refractivity (Wildman–Crippen MR) is 213 cm³/mol. The standard InChI is InChI=1S/2C22H25.C2H6Si.Hf/c2*1-14(2)9-18-12-19-7-6-8-20(22(19)13-18)21-11-15(3)10-16(4)17(21)5;1-3-2;/h2*6-8,10-14H,9H2,1-5H3;1-2H3;/q2*-1;;. The summed E-state index contributed by atoms with van der Waals surface area (Å²) in [7, 11) is 1.08. The van der Waals surface area contributed by atoms with E-state index in [2.05, 4.69) is 167 Å². The maximum Gasteiger partial charge on any atom is 0.0307 e. The molecule has 0 spiro atoms. The van der Waals surface area contributed by atoms with E-state index in [-0.39, 0.29) is 25.8 Å². The van der Waals surface area contributed by atoms with E-state index in [9.17, 15) is 0 Å². The van der Waals surface area contributed by atoms with E-state index >= 15 is 0 Å². The number of fused-ring (bicyclic) bond motifs is 2. The van der Waals surface area contributed by atoms with Crippen LogP contribution in [0.5, 0.6) is 0 Å². The Hall–Kier alpha value is -2.81. The molecular weight excluding hydrogens is 759 g/mol. The van der Waals surface area contributed by atoms with Gasteiger partial charge in [0.15, 0.2) is 0 Å². The van der Waals surface area contributed by atoms with Crippen molar-refractivity contribution >= 4 is 31.1 Å². The number of hydrogen-bond acceptors (Lipinski definition) is 0. The van der Waals surface area contributed by atoms with Crippen LogP contribution in [0.25, 0.3) is 43.8 Å². The molecule has 250 valence electrons. The second-order valence-electron chi connectivity index (χ2n) is 14.5. The van der Waals surface area contributed by atoms with Crippen LogP contribution >= 0.6 is 0 Å². The summed E-state index contributed by atoms with van der Waals surface area (Å²) >= 11 is 0. The van der Waals surface area contributed by atoms with Crippen LogP contribution in [-0.2, 0) is 38.7 Å². The second-order valence-corrected chi connectivity index (χ2v) is 15.5. The van der Waals surface area contributed by atoms with Gasteiger partial charge in [-0.1, -0.05) is 99.4 Å². The summed E-state index contributed by atoms with van der Waals surface area (Å²) < 4.78 is 0. The fraction of sp³-hybridized carbons (Fsp3) is 0.348. The van der Waals surface area contributed by atoms with Gasteiger partial charge in [-0.05, 0) is 99.6 Å². The van der Waals surface area contributed by atoms with Crippen molar-refractivity contribution in [1.29, 1.82) is 0 Å². The number of aryl methyl sites for hydroxylation is 4. The first-order valence-corrected chi connectivity index (χ1v) is 19.4. The SMILES string of the molecule is C[Si]C.Cc1cc(C)c(C)c(-c2cccc3[cH-]c(CC(C)C)cc23)c1.Cc1cc(C)c(C)c(-c2cccc3[cH-]c(CC(C)C)cc23)c1.[Hf]. The van der Waals surface area contributed by atoms with Crippen molar-refractivity contribution in [3.05, 3.63) is 129 Å². The summed E-state index contributed by atoms with van der Waals surface area (Å²) in [5.74, 6) is 1.39. The normalized spacial score (nSPS) is 11.0. The van der Waals surface area contributed by atoms with Crippen molar-refractivity contribution in [2.24, 2.45) is 11.8 Å². The molecule has 0 unspecified atom stereocenters. The maximum absolute atomic E-state index is 2.39. The third-order valence-electron chi connectivity index (χ3n) is 9.11. The Labute approximate surface area is 313 Å². The van der Waals surface area contributed by atoms with E-state index in [1.165, 1.54) is 88.3 Å². The van der Waals surface area contributed by atoms with Gasteiger partial charge < -0.3 is 0 Å². The molecule has 0 fully saturated rings. The summed E-state index contributed by atoms with van der Waals surface area (Å²) in [4.78, 5) is 0. The van der Waals surface area contributed by atoms with Crippen molar-refractivity contribution in [2.45, 2.75) is 95.2 Å². The molecule has 2 heteroatoms. The molecule has 0 aliphatic carbocycles. The molecule has 6 aromatic rings.